The number of aromatic nitrogens is 1. The number of aliphatic hydroxyl groups is 1. The Hall–Kier alpha value is -1.07. The number of pyridine rings is 1. The Balaban J connectivity index is 2.23. The lowest BCUT2D eigenvalue weighted by atomic mass is 9.94. The van der Waals surface area contributed by atoms with Crippen LogP contribution in [0.4, 0.5) is 8.78 Å². The highest BCUT2D eigenvalue weighted by molar-refractivity contribution is 5.18. The molecule has 0 spiro atoms. The van der Waals surface area contributed by atoms with Crippen LogP contribution < -0.4 is 5.32 Å². The molecule has 2 heterocycles. The third-order valence-corrected chi connectivity index (χ3v) is 2.68. The Morgan fingerprint density at radius 3 is 2.60 bits per heavy atom. The van der Waals surface area contributed by atoms with Gasteiger partial charge in [-0.2, -0.15) is 0 Å². The van der Waals surface area contributed by atoms with E-state index >= 15 is 0 Å². The van der Waals surface area contributed by atoms with Crippen molar-refractivity contribution in [3.8, 4) is 0 Å². The van der Waals surface area contributed by atoms with Gasteiger partial charge in [-0.15, -0.1) is 0 Å². The second kappa shape index (κ2) is 3.83. The monoisotopic (exact) mass is 214 g/mol. The van der Waals surface area contributed by atoms with Crippen LogP contribution in [0.5, 0.6) is 0 Å². The molecule has 5 heteroatoms. The van der Waals surface area contributed by atoms with Crippen molar-refractivity contribution in [2.45, 2.75) is 18.4 Å². The second-order valence-corrected chi connectivity index (χ2v) is 3.91. The maximum atomic E-state index is 13.2. The van der Waals surface area contributed by atoms with Gasteiger partial charge in [0.05, 0.1) is 18.0 Å². The van der Waals surface area contributed by atoms with Crippen LogP contribution >= 0.6 is 0 Å². The van der Waals surface area contributed by atoms with Gasteiger partial charge in [0.1, 0.15) is 11.6 Å². The van der Waals surface area contributed by atoms with E-state index in [-0.39, 0.29) is 12.0 Å². The molecule has 0 aromatic carbocycles. The fraction of sp³-hybridized carbons (Fsp3) is 0.500. The van der Waals surface area contributed by atoms with Crippen LogP contribution in [-0.4, -0.2) is 28.8 Å². The van der Waals surface area contributed by atoms with Crippen LogP contribution in [0.15, 0.2) is 12.4 Å². The van der Waals surface area contributed by atoms with Crippen molar-refractivity contribution in [3.05, 3.63) is 29.6 Å². The topological polar surface area (TPSA) is 45.2 Å². The van der Waals surface area contributed by atoms with Crippen molar-refractivity contribution in [2.24, 2.45) is 0 Å². The van der Waals surface area contributed by atoms with Gasteiger partial charge >= 0.3 is 0 Å². The van der Waals surface area contributed by atoms with E-state index in [4.69, 9.17) is 0 Å². The number of rotatable bonds is 2. The van der Waals surface area contributed by atoms with E-state index in [0.717, 1.165) is 12.4 Å². The Labute approximate surface area is 86.1 Å². The van der Waals surface area contributed by atoms with Crippen LogP contribution in [0.1, 0.15) is 12.0 Å². The van der Waals surface area contributed by atoms with Crippen LogP contribution in [0.25, 0.3) is 0 Å². The number of nitrogens with one attached hydrogen (secondary N) is 1. The summed E-state index contributed by atoms with van der Waals surface area (Å²) in [5.41, 5.74) is -1.13. The normalized spacial score (nSPS) is 25.8. The van der Waals surface area contributed by atoms with E-state index in [0.29, 0.717) is 19.5 Å². The van der Waals surface area contributed by atoms with E-state index in [1.165, 1.54) is 0 Å². The van der Waals surface area contributed by atoms with Gasteiger partial charge in [0, 0.05) is 18.5 Å². The third-order valence-electron chi connectivity index (χ3n) is 2.68. The maximum Gasteiger partial charge on any atom is 0.147 e. The van der Waals surface area contributed by atoms with Gasteiger partial charge in [-0.25, -0.2) is 8.78 Å². The van der Waals surface area contributed by atoms with E-state index < -0.39 is 17.2 Å². The fourth-order valence-corrected chi connectivity index (χ4v) is 1.82. The number of hydrogen-bond donors (Lipinski definition) is 2. The minimum atomic E-state index is -1.04. The predicted molar refractivity (Wildman–Crippen MR) is 50.3 cm³/mol. The molecule has 1 saturated heterocycles. The van der Waals surface area contributed by atoms with Crippen molar-refractivity contribution in [1.82, 2.24) is 10.3 Å². The Bertz CT molecular complexity index is 344. The lowest BCUT2D eigenvalue weighted by molar-refractivity contribution is 0.0599. The summed E-state index contributed by atoms with van der Waals surface area (Å²) in [7, 11) is 0. The summed E-state index contributed by atoms with van der Waals surface area (Å²) in [4.78, 5) is 3.39. The first kappa shape index (κ1) is 10.4. The molecule has 0 bridgehead atoms. The first-order chi connectivity index (χ1) is 7.11. The number of β-amino-alcohol motifs (C(OH)–C–C–N with tert-alkyl or cyclic N) is 1. The average Bonchev–Trinajstić information content (AvgIpc) is 2.60. The molecule has 15 heavy (non-hydrogen) atoms. The van der Waals surface area contributed by atoms with E-state index in [1.54, 1.807) is 0 Å². The van der Waals surface area contributed by atoms with Crippen molar-refractivity contribution >= 4 is 0 Å². The van der Waals surface area contributed by atoms with Crippen LogP contribution in [0.3, 0.4) is 0 Å². The molecule has 0 saturated carbocycles. The van der Waals surface area contributed by atoms with Crippen LogP contribution in [0, 0.1) is 11.6 Å². The van der Waals surface area contributed by atoms with Gasteiger partial charge < -0.3 is 10.4 Å². The summed E-state index contributed by atoms with van der Waals surface area (Å²) in [5, 5.41) is 12.9. The second-order valence-electron chi connectivity index (χ2n) is 3.91. The Kier molecular flexibility index (Phi) is 2.67. The van der Waals surface area contributed by atoms with Gasteiger partial charge in [-0.05, 0) is 13.0 Å². The Morgan fingerprint density at radius 1 is 1.40 bits per heavy atom. The molecule has 0 amide bonds. The molecule has 1 aromatic heterocycles. The van der Waals surface area contributed by atoms with Gasteiger partial charge in [-0.1, -0.05) is 0 Å². The molecule has 1 fully saturated rings. The zero-order valence-corrected chi connectivity index (χ0v) is 8.13. The molecule has 82 valence electrons. The molecule has 1 atom stereocenters. The molecule has 0 radical (unpaired) electrons. The summed E-state index contributed by atoms with van der Waals surface area (Å²) >= 11 is 0. The molecule has 1 aliphatic heterocycles. The smallest absolute Gasteiger partial charge is 0.147 e. The van der Waals surface area contributed by atoms with E-state index in [9.17, 15) is 13.9 Å². The minimum absolute atomic E-state index is 0.0137. The van der Waals surface area contributed by atoms with E-state index in [2.05, 4.69) is 10.3 Å². The van der Waals surface area contributed by atoms with Gasteiger partial charge in [0.2, 0.25) is 0 Å². The number of halogens is 2. The summed E-state index contributed by atoms with van der Waals surface area (Å²) in [6.07, 6.45) is 2.42. The fourth-order valence-electron chi connectivity index (χ4n) is 1.82. The van der Waals surface area contributed by atoms with Crippen molar-refractivity contribution in [2.75, 3.05) is 13.1 Å². The molecule has 1 aliphatic rings. The summed E-state index contributed by atoms with van der Waals surface area (Å²) in [5.74, 6) is -1.40. The zero-order valence-electron chi connectivity index (χ0n) is 8.13. The van der Waals surface area contributed by atoms with Crippen LogP contribution in [0.2, 0.25) is 0 Å². The van der Waals surface area contributed by atoms with E-state index in [1.807, 2.05) is 0 Å². The van der Waals surface area contributed by atoms with Crippen molar-refractivity contribution in [1.29, 1.82) is 0 Å². The standard InChI is InChI=1S/C10H12F2N2O/c11-8-4-14-5-9(12)7(8)3-10(15)1-2-13-6-10/h4-5,13,15H,1-3,6H2. The zero-order chi connectivity index (χ0) is 10.9. The summed E-state index contributed by atoms with van der Waals surface area (Å²) < 4.78 is 26.5. The first-order valence-electron chi connectivity index (χ1n) is 4.82. The highest BCUT2D eigenvalue weighted by Gasteiger charge is 2.33. The first-order valence-corrected chi connectivity index (χ1v) is 4.82. The quantitative estimate of drug-likeness (QED) is 0.758. The number of hydrogen-bond acceptors (Lipinski definition) is 3. The van der Waals surface area contributed by atoms with Gasteiger partial charge in [-0.3, -0.25) is 4.98 Å². The third kappa shape index (κ3) is 2.13. The lowest BCUT2D eigenvalue weighted by Gasteiger charge is -2.21. The van der Waals surface area contributed by atoms with Crippen molar-refractivity contribution < 1.29 is 13.9 Å². The minimum Gasteiger partial charge on any atom is -0.388 e. The molecule has 1 unspecified atom stereocenters. The summed E-state index contributed by atoms with van der Waals surface area (Å²) in [6, 6.07) is 0. The lowest BCUT2D eigenvalue weighted by Crippen LogP contribution is -2.34. The largest absolute Gasteiger partial charge is 0.388 e. The predicted octanol–water partition coefficient (Wildman–Crippen LogP) is 0.627. The highest BCUT2D eigenvalue weighted by Crippen LogP contribution is 2.23. The summed E-state index contributed by atoms with van der Waals surface area (Å²) in [6.45, 7) is 1.04. The Morgan fingerprint density at radius 2 is 2.07 bits per heavy atom. The molecule has 0 aliphatic carbocycles. The molecule has 3 nitrogen and oxygen atoms in total. The average molecular weight is 214 g/mol. The molecular formula is C10H12F2N2O. The van der Waals surface area contributed by atoms with Gasteiger partial charge in [0.15, 0.2) is 0 Å². The van der Waals surface area contributed by atoms with Gasteiger partial charge in [0.25, 0.3) is 0 Å². The van der Waals surface area contributed by atoms with Crippen molar-refractivity contribution in [3.63, 3.8) is 0 Å². The molecule has 2 rings (SSSR count). The molecule has 1 aromatic rings. The molecule has 2 N–H and O–H groups in total. The number of nitrogens with zero attached hydrogens (tertiary/aromatic N) is 1. The SMILES string of the molecule is OC1(Cc2c(F)cncc2F)CCNC1. The van der Waals surface area contributed by atoms with Crippen LogP contribution in [-0.2, 0) is 6.42 Å². The molecular weight excluding hydrogens is 202 g/mol. The highest BCUT2D eigenvalue weighted by atomic mass is 19.1. The maximum absolute atomic E-state index is 13.2.